The lowest BCUT2D eigenvalue weighted by molar-refractivity contribution is -0.157. The van der Waals surface area contributed by atoms with Crippen LogP contribution in [0.4, 0.5) is 0 Å². The van der Waals surface area contributed by atoms with Crippen molar-refractivity contribution in [2.45, 2.75) is 55.7 Å². The number of hydrogen-bond acceptors (Lipinski definition) is 12. The van der Waals surface area contributed by atoms with E-state index in [0.29, 0.717) is 45.9 Å². The van der Waals surface area contributed by atoms with E-state index < -0.39 is 41.2 Å². The van der Waals surface area contributed by atoms with Gasteiger partial charge in [0.15, 0.2) is 23.0 Å². The monoisotopic (exact) mass is 579 g/mol. The summed E-state index contributed by atoms with van der Waals surface area (Å²) in [4.78, 5) is 29.6. The third-order valence-corrected chi connectivity index (χ3v) is 10.6. The number of nitriles is 1. The molecule has 5 aliphatic rings. The summed E-state index contributed by atoms with van der Waals surface area (Å²) in [6.45, 7) is 3.37. The Morgan fingerprint density at radius 2 is 1.85 bits per heavy atom. The van der Waals surface area contributed by atoms with E-state index in [1.165, 1.54) is 18.9 Å². The number of aryl methyl sites for hydroxylation is 1. The molecule has 2 aromatic carbocycles. The van der Waals surface area contributed by atoms with Gasteiger partial charge in [-0.2, -0.15) is 5.26 Å². The minimum atomic E-state index is -0.931. The Balaban J connectivity index is 1.55. The second kappa shape index (κ2) is 9.17. The average Bonchev–Trinajstić information content (AvgIpc) is 3.44. The Morgan fingerprint density at radius 3 is 2.59 bits per heavy atom. The highest BCUT2D eigenvalue weighted by Crippen LogP contribution is 2.63. The van der Waals surface area contributed by atoms with Crippen LogP contribution in [0.2, 0.25) is 0 Å². The molecule has 2 aromatic rings. The van der Waals surface area contributed by atoms with Gasteiger partial charge < -0.3 is 29.2 Å². The van der Waals surface area contributed by atoms with Crippen LogP contribution in [0.15, 0.2) is 6.07 Å². The Hall–Kier alpha value is -3.66. The van der Waals surface area contributed by atoms with Gasteiger partial charge in [-0.05, 0) is 38.4 Å². The van der Waals surface area contributed by atoms with E-state index in [1.807, 2.05) is 20.0 Å². The molecule has 5 aliphatic heterocycles. The van der Waals surface area contributed by atoms with Gasteiger partial charge in [0, 0.05) is 34.3 Å². The van der Waals surface area contributed by atoms with Crippen LogP contribution in [0.3, 0.4) is 0 Å². The molecule has 2 N–H and O–H groups in total. The van der Waals surface area contributed by atoms with Gasteiger partial charge in [0.1, 0.15) is 18.4 Å². The van der Waals surface area contributed by atoms with E-state index in [-0.39, 0.29) is 36.7 Å². The third-order valence-electron chi connectivity index (χ3n) is 9.32. The number of Topliss-reactive ketones (excluding diaryl/α,β-unsaturated/α-hetero) is 1. The van der Waals surface area contributed by atoms with E-state index >= 15 is 0 Å². The first kappa shape index (κ1) is 26.3. The molecule has 7 rings (SSSR count). The van der Waals surface area contributed by atoms with Gasteiger partial charge in [0.05, 0.1) is 36.3 Å². The van der Waals surface area contributed by atoms with Gasteiger partial charge in [-0.1, -0.05) is 6.07 Å². The first-order chi connectivity index (χ1) is 19.7. The van der Waals surface area contributed by atoms with Gasteiger partial charge in [-0.15, -0.1) is 11.8 Å². The van der Waals surface area contributed by atoms with Gasteiger partial charge >= 0.3 is 5.97 Å². The zero-order valence-electron chi connectivity index (χ0n) is 23.0. The third kappa shape index (κ3) is 3.40. The number of methoxy groups -OCH3 is 1. The average molecular weight is 580 g/mol. The molecule has 4 bridgehead atoms. The predicted molar refractivity (Wildman–Crippen MR) is 145 cm³/mol. The second-order valence-electron chi connectivity index (χ2n) is 11.2. The first-order valence-electron chi connectivity index (χ1n) is 13.4. The minimum absolute atomic E-state index is 0.0192. The lowest BCUT2D eigenvalue weighted by Crippen LogP contribution is -2.69. The number of cyclic esters (lactones) is 1. The van der Waals surface area contributed by atoms with Crippen LogP contribution in [0, 0.1) is 25.2 Å². The predicted octanol–water partition coefficient (Wildman–Crippen LogP) is 2.58. The zero-order chi connectivity index (χ0) is 28.9. The fourth-order valence-corrected chi connectivity index (χ4v) is 8.98. The van der Waals surface area contributed by atoms with Crippen LogP contribution in [0.1, 0.15) is 50.7 Å². The molecule has 2 fully saturated rings. The molecule has 6 atom stereocenters. The van der Waals surface area contributed by atoms with Crippen molar-refractivity contribution < 1.29 is 38.7 Å². The Morgan fingerprint density at radius 1 is 1.10 bits per heavy atom. The number of phenols is 2. The zero-order valence-corrected chi connectivity index (χ0v) is 23.8. The van der Waals surface area contributed by atoms with E-state index in [1.54, 1.807) is 6.92 Å². The Labute approximate surface area is 240 Å². The van der Waals surface area contributed by atoms with E-state index in [0.717, 1.165) is 11.1 Å². The Kier molecular flexibility index (Phi) is 5.87. The number of hydrogen-bond donors (Lipinski definition) is 2. The van der Waals surface area contributed by atoms with Gasteiger partial charge in [0.2, 0.25) is 12.6 Å². The number of aromatic hydroxyl groups is 2. The number of phenolic OH excluding ortho intramolecular Hbond substituents is 2. The number of esters is 1. The van der Waals surface area contributed by atoms with Crippen molar-refractivity contribution in [1.82, 2.24) is 9.80 Å². The minimum Gasteiger partial charge on any atom is -0.507 e. The topological polar surface area (TPSA) is 142 Å². The summed E-state index contributed by atoms with van der Waals surface area (Å²) in [6, 6.07) is 1.99. The van der Waals surface area contributed by atoms with Crippen LogP contribution >= 0.6 is 11.8 Å². The number of rotatable bonds is 1. The van der Waals surface area contributed by atoms with Crippen molar-refractivity contribution in [1.29, 1.82) is 5.26 Å². The second-order valence-corrected chi connectivity index (χ2v) is 12.3. The molecule has 0 spiro atoms. The van der Waals surface area contributed by atoms with Crippen molar-refractivity contribution in [3.63, 3.8) is 0 Å². The molecule has 11 nitrogen and oxygen atoms in total. The number of benzene rings is 2. The fourth-order valence-electron chi connectivity index (χ4n) is 7.64. The number of carbonyl (C=O) groups is 2. The van der Waals surface area contributed by atoms with Gasteiger partial charge in [-0.25, -0.2) is 4.79 Å². The SMILES string of the molecule is COc1c(C)cc2c(c1O)C1C3[C@@H]4SCC(=O)C(=O)OC[C@@H](c5c6c(c(C)c(O)c54)OCO6)N3[C@@H](C#N)C(C2)N1C. The summed E-state index contributed by atoms with van der Waals surface area (Å²) < 4.78 is 22.9. The van der Waals surface area contributed by atoms with Gasteiger partial charge in [0.25, 0.3) is 0 Å². The van der Waals surface area contributed by atoms with Crippen LogP contribution in [0.5, 0.6) is 28.7 Å². The summed E-state index contributed by atoms with van der Waals surface area (Å²) in [5.74, 6) is -0.472. The quantitative estimate of drug-likeness (QED) is 0.379. The standard InChI is InChI=1S/C29H29N3O8S/c1-11-5-13-6-14-15(7-30)32-16-8-38-29(36)17(33)9-41-28(20-19(16)27-26(39-10-40-27)12(2)23(20)34)22(32)21(31(14)3)18(13)24(35)25(11)37-4/h5,14-16,21-22,28,34-35H,6,8-10H2,1-4H3/t14?,15-,16-,21?,22?,28+/m0/s1. The highest BCUT2D eigenvalue weighted by Gasteiger charge is 2.60. The molecule has 0 aromatic heterocycles. The number of fused-ring (bicyclic) bond motifs is 9. The molecule has 12 heteroatoms. The molecule has 3 unspecified atom stereocenters. The maximum Gasteiger partial charge on any atom is 0.375 e. The van der Waals surface area contributed by atoms with Crippen molar-refractivity contribution in [3.05, 3.63) is 39.4 Å². The van der Waals surface area contributed by atoms with Crippen LogP contribution in [0.25, 0.3) is 0 Å². The normalized spacial score (nSPS) is 30.1. The van der Waals surface area contributed by atoms with Crippen LogP contribution < -0.4 is 14.2 Å². The molecule has 0 aliphatic carbocycles. The summed E-state index contributed by atoms with van der Waals surface area (Å²) in [5, 5.41) is 33.4. The lowest BCUT2D eigenvalue weighted by atomic mass is 9.71. The summed E-state index contributed by atoms with van der Waals surface area (Å²) in [5.41, 5.74) is 4.11. The summed E-state index contributed by atoms with van der Waals surface area (Å²) in [6.07, 6.45) is 0.509. The molecule has 5 heterocycles. The summed E-state index contributed by atoms with van der Waals surface area (Å²) in [7, 11) is 3.46. The van der Waals surface area contributed by atoms with Crippen molar-refractivity contribution in [2.75, 3.05) is 33.3 Å². The molecule has 2 saturated heterocycles. The van der Waals surface area contributed by atoms with E-state index in [2.05, 4.69) is 15.9 Å². The van der Waals surface area contributed by atoms with Crippen LogP contribution in [-0.2, 0) is 20.7 Å². The molecule has 214 valence electrons. The number of thioether (sulfide) groups is 1. The number of ether oxygens (including phenoxy) is 4. The molecule has 41 heavy (non-hydrogen) atoms. The number of piperazine rings is 1. The molecular formula is C29H29N3O8S. The first-order valence-corrected chi connectivity index (χ1v) is 14.5. The lowest BCUT2D eigenvalue weighted by Gasteiger charge is -2.61. The maximum atomic E-state index is 12.8. The molecule has 0 saturated carbocycles. The van der Waals surface area contributed by atoms with Crippen LogP contribution in [-0.4, -0.2) is 83.2 Å². The van der Waals surface area contributed by atoms with E-state index in [4.69, 9.17) is 18.9 Å². The molecule has 0 amide bonds. The van der Waals surface area contributed by atoms with Crippen molar-refractivity contribution in [2.24, 2.45) is 0 Å². The molecular weight excluding hydrogens is 550 g/mol. The summed E-state index contributed by atoms with van der Waals surface area (Å²) >= 11 is 1.22. The fraction of sp³-hybridized carbons (Fsp3) is 0.483. The van der Waals surface area contributed by atoms with Gasteiger partial charge in [-0.3, -0.25) is 14.6 Å². The highest BCUT2D eigenvalue weighted by molar-refractivity contribution is 8.00. The Bertz CT molecular complexity index is 1570. The number of ketones is 1. The number of likely N-dealkylation sites (N-methyl/N-ethyl adjacent to an activating group) is 1. The highest BCUT2D eigenvalue weighted by atomic mass is 32.2. The number of carbonyl (C=O) groups excluding carboxylic acids is 2. The largest absolute Gasteiger partial charge is 0.507 e. The molecule has 0 radical (unpaired) electrons. The maximum absolute atomic E-state index is 12.8. The smallest absolute Gasteiger partial charge is 0.375 e. The van der Waals surface area contributed by atoms with Crippen molar-refractivity contribution >= 4 is 23.5 Å². The van der Waals surface area contributed by atoms with Crippen molar-refractivity contribution in [3.8, 4) is 34.8 Å². The number of nitrogens with zero attached hydrogens (tertiary/aromatic N) is 3. The van der Waals surface area contributed by atoms with E-state index in [9.17, 15) is 25.1 Å².